The Bertz CT molecular complexity index is 617. The fourth-order valence-corrected chi connectivity index (χ4v) is 3.95. The summed E-state index contributed by atoms with van der Waals surface area (Å²) in [4.78, 5) is 19.3. The number of carbonyl (C=O) groups excluding carboxylic acids is 1. The molecule has 2 fully saturated rings. The van der Waals surface area contributed by atoms with Gasteiger partial charge < -0.3 is 10.2 Å². The van der Waals surface area contributed by atoms with Gasteiger partial charge in [0.2, 0.25) is 11.9 Å². The van der Waals surface area contributed by atoms with Crippen LogP contribution in [0.4, 0.5) is 5.95 Å². The van der Waals surface area contributed by atoms with E-state index >= 15 is 0 Å². The van der Waals surface area contributed by atoms with E-state index in [9.17, 15) is 4.79 Å². The number of carbonyl (C=O) groups is 1. The summed E-state index contributed by atoms with van der Waals surface area (Å²) in [6.45, 7) is 6.32. The van der Waals surface area contributed by atoms with Gasteiger partial charge in [-0.25, -0.2) is 4.98 Å². The summed E-state index contributed by atoms with van der Waals surface area (Å²) in [7, 11) is 2.03. The zero-order valence-electron chi connectivity index (χ0n) is 16.0. The SMILES string of the molecule is CCc1nnc(N(C)C2CC(NC(=O)C3(CC)CCC3)C2)nc1CC. The lowest BCUT2D eigenvalue weighted by Gasteiger charge is -2.45. The summed E-state index contributed by atoms with van der Waals surface area (Å²) in [5, 5.41) is 11.9. The van der Waals surface area contributed by atoms with Crippen LogP contribution in [0.2, 0.25) is 0 Å². The first-order valence-corrected chi connectivity index (χ1v) is 9.79. The number of nitrogens with one attached hydrogen (secondary N) is 1. The minimum Gasteiger partial charge on any atom is -0.353 e. The second kappa shape index (κ2) is 7.26. The quantitative estimate of drug-likeness (QED) is 0.822. The maximum Gasteiger partial charge on any atom is 0.245 e. The van der Waals surface area contributed by atoms with Crippen molar-refractivity contribution in [2.24, 2.45) is 5.41 Å². The highest BCUT2D eigenvalue weighted by atomic mass is 16.2. The third kappa shape index (κ3) is 3.35. The Morgan fingerprint density at radius 1 is 1.16 bits per heavy atom. The van der Waals surface area contributed by atoms with Gasteiger partial charge in [-0.2, -0.15) is 5.10 Å². The molecule has 1 N–H and O–H groups in total. The summed E-state index contributed by atoms with van der Waals surface area (Å²) in [5.41, 5.74) is 1.96. The molecule has 0 unspecified atom stereocenters. The van der Waals surface area contributed by atoms with E-state index in [1.54, 1.807) is 0 Å². The molecule has 0 atom stereocenters. The molecule has 0 saturated heterocycles. The number of hydrogen-bond acceptors (Lipinski definition) is 5. The Labute approximate surface area is 150 Å². The number of aromatic nitrogens is 3. The zero-order valence-corrected chi connectivity index (χ0v) is 16.0. The van der Waals surface area contributed by atoms with Crippen LogP contribution in [-0.4, -0.2) is 40.2 Å². The van der Waals surface area contributed by atoms with Crippen molar-refractivity contribution in [1.82, 2.24) is 20.5 Å². The van der Waals surface area contributed by atoms with Gasteiger partial charge in [0.1, 0.15) is 0 Å². The highest BCUT2D eigenvalue weighted by molar-refractivity contribution is 5.83. The van der Waals surface area contributed by atoms with Crippen LogP contribution >= 0.6 is 0 Å². The molecule has 25 heavy (non-hydrogen) atoms. The first-order valence-electron chi connectivity index (χ1n) is 9.79. The summed E-state index contributed by atoms with van der Waals surface area (Å²) in [6, 6.07) is 0.667. The molecule has 0 bridgehead atoms. The third-order valence-electron chi connectivity index (χ3n) is 6.28. The summed E-state index contributed by atoms with van der Waals surface area (Å²) in [5.74, 6) is 0.971. The van der Waals surface area contributed by atoms with Gasteiger partial charge in [-0.3, -0.25) is 4.79 Å². The Hall–Kier alpha value is -1.72. The Morgan fingerprint density at radius 2 is 1.84 bits per heavy atom. The largest absolute Gasteiger partial charge is 0.353 e. The van der Waals surface area contributed by atoms with Crippen LogP contribution in [0.5, 0.6) is 0 Å². The molecule has 2 aliphatic rings. The van der Waals surface area contributed by atoms with E-state index in [-0.39, 0.29) is 17.4 Å². The van der Waals surface area contributed by atoms with Gasteiger partial charge in [0.25, 0.3) is 0 Å². The summed E-state index contributed by atoms with van der Waals surface area (Å²) >= 11 is 0. The lowest BCUT2D eigenvalue weighted by molar-refractivity contribution is -0.137. The molecule has 138 valence electrons. The molecule has 0 radical (unpaired) electrons. The van der Waals surface area contributed by atoms with Gasteiger partial charge in [0.05, 0.1) is 11.4 Å². The third-order valence-corrected chi connectivity index (χ3v) is 6.28. The topological polar surface area (TPSA) is 71.0 Å². The number of nitrogens with zero attached hydrogens (tertiary/aromatic N) is 4. The summed E-state index contributed by atoms with van der Waals surface area (Å²) < 4.78 is 0. The zero-order chi connectivity index (χ0) is 18.0. The molecule has 0 aliphatic heterocycles. The van der Waals surface area contributed by atoms with Crippen LogP contribution < -0.4 is 10.2 Å². The number of hydrogen-bond donors (Lipinski definition) is 1. The van der Waals surface area contributed by atoms with Crippen LogP contribution in [0, 0.1) is 5.41 Å². The van der Waals surface area contributed by atoms with Crippen LogP contribution in [0.3, 0.4) is 0 Å². The minimum atomic E-state index is -0.0734. The minimum absolute atomic E-state index is 0.0734. The molecule has 1 aromatic rings. The molecule has 1 heterocycles. The molecule has 6 heteroatoms. The highest BCUT2D eigenvalue weighted by Crippen LogP contribution is 2.44. The van der Waals surface area contributed by atoms with Crippen molar-refractivity contribution in [2.75, 3.05) is 11.9 Å². The van der Waals surface area contributed by atoms with Gasteiger partial charge in [0.15, 0.2) is 0 Å². The van der Waals surface area contributed by atoms with Crippen molar-refractivity contribution in [1.29, 1.82) is 0 Å². The Balaban J connectivity index is 1.54. The van der Waals surface area contributed by atoms with Crippen LogP contribution in [0.15, 0.2) is 0 Å². The standard InChI is InChI=1S/C19H31N5O/c1-5-15-16(6-2)22-23-18(21-15)24(4)14-11-13(12-14)20-17(25)19(7-3)9-8-10-19/h13-14H,5-12H2,1-4H3,(H,20,25). The molecule has 6 nitrogen and oxygen atoms in total. The fraction of sp³-hybridized carbons (Fsp3) is 0.789. The van der Waals surface area contributed by atoms with Gasteiger partial charge >= 0.3 is 0 Å². The highest BCUT2D eigenvalue weighted by Gasteiger charge is 2.44. The van der Waals surface area contributed by atoms with Gasteiger partial charge in [-0.05, 0) is 44.9 Å². The van der Waals surface area contributed by atoms with E-state index in [4.69, 9.17) is 4.98 Å². The van der Waals surface area contributed by atoms with Gasteiger partial charge in [0, 0.05) is 24.5 Å². The molecular weight excluding hydrogens is 314 g/mol. The second-order valence-corrected chi connectivity index (χ2v) is 7.61. The monoisotopic (exact) mass is 345 g/mol. The van der Waals surface area contributed by atoms with Crippen molar-refractivity contribution < 1.29 is 4.79 Å². The van der Waals surface area contributed by atoms with Crippen LogP contribution in [0.1, 0.15) is 70.7 Å². The van der Waals surface area contributed by atoms with Crippen molar-refractivity contribution in [2.45, 2.75) is 84.2 Å². The second-order valence-electron chi connectivity index (χ2n) is 7.61. The van der Waals surface area contributed by atoms with E-state index in [0.29, 0.717) is 12.0 Å². The smallest absolute Gasteiger partial charge is 0.245 e. The first-order chi connectivity index (χ1) is 12.0. The van der Waals surface area contributed by atoms with E-state index in [1.807, 2.05) is 7.05 Å². The van der Waals surface area contributed by atoms with Crippen LogP contribution in [0.25, 0.3) is 0 Å². The van der Waals surface area contributed by atoms with Crippen LogP contribution in [-0.2, 0) is 17.6 Å². The maximum absolute atomic E-state index is 12.5. The Kier molecular flexibility index (Phi) is 5.25. The summed E-state index contributed by atoms with van der Waals surface area (Å²) in [6.07, 6.45) is 7.91. The molecule has 1 amide bonds. The average molecular weight is 345 g/mol. The van der Waals surface area contributed by atoms with E-state index < -0.39 is 0 Å². The molecule has 0 aromatic carbocycles. The molecule has 3 rings (SSSR count). The van der Waals surface area contributed by atoms with Crippen molar-refractivity contribution in [3.63, 3.8) is 0 Å². The van der Waals surface area contributed by atoms with E-state index in [0.717, 1.165) is 56.3 Å². The molecule has 0 spiro atoms. The van der Waals surface area contributed by atoms with Crippen molar-refractivity contribution >= 4 is 11.9 Å². The normalized spacial score (nSPS) is 24.2. The average Bonchev–Trinajstić information content (AvgIpc) is 2.56. The molecular formula is C19H31N5O. The fourth-order valence-electron chi connectivity index (χ4n) is 3.95. The molecule has 2 aliphatic carbocycles. The van der Waals surface area contributed by atoms with E-state index in [2.05, 4.69) is 41.2 Å². The van der Waals surface area contributed by atoms with Crippen molar-refractivity contribution in [3.8, 4) is 0 Å². The van der Waals surface area contributed by atoms with Crippen molar-refractivity contribution in [3.05, 3.63) is 11.4 Å². The predicted molar refractivity (Wildman–Crippen MR) is 98.5 cm³/mol. The molecule has 2 saturated carbocycles. The number of amides is 1. The lowest BCUT2D eigenvalue weighted by Crippen LogP contribution is -2.57. The van der Waals surface area contributed by atoms with E-state index in [1.165, 1.54) is 6.42 Å². The van der Waals surface area contributed by atoms with Gasteiger partial charge in [-0.1, -0.05) is 27.2 Å². The number of aryl methyl sites for hydroxylation is 2. The first kappa shape index (κ1) is 18.1. The predicted octanol–water partition coefficient (Wildman–Crippen LogP) is 2.66. The maximum atomic E-state index is 12.5. The number of anilines is 1. The number of rotatable bonds is 7. The van der Waals surface area contributed by atoms with Gasteiger partial charge in [-0.15, -0.1) is 5.10 Å². The Morgan fingerprint density at radius 3 is 2.36 bits per heavy atom. The molecule has 1 aromatic heterocycles. The lowest BCUT2D eigenvalue weighted by atomic mass is 9.66.